The van der Waals surface area contributed by atoms with Crippen LogP contribution < -0.4 is 9.80 Å². The third kappa shape index (κ3) is 5.09. The lowest BCUT2D eigenvalue weighted by molar-refractivity contribution is -0.136. The van der Waals surface area contributed by atoms with E-state index in [2.05, 4.69) is 81.5 Å². The molecule has 7 heteroatoms. The Labute approximate surface area is 206 Å². The van der Waals surface area contributed by atoms with E-state index in [1.54, 1.807) is 0 Å². The molecule has 1 amide bonds. The largest absolute Gasteiger partial charge is 0.368 e. The van der Waals surface area contributed by atoms with Gasteiger partial charge in [-0.2, -0.15) is 4.37 Å². The lowest BCUT2D eigenvalue weighted by atomic mass is 9.95. The molecular weight excluding hydrogens is 442 g/mol. The van der Waals surface area contributed by atoms with E-state index in [1.165, 1.54) is 33.9 Å². The van der Waals surface area contributed by atoms with Crippen molar-refractivity contribution < 1.29 is 4.79 Å². The number of hydrogen-bond acceptors (Lipinski definition) is 6. The number of amides is 1. The van der Waals surface area contributed by atoms with Gasteiger partial charge in [0, 0.05) is 68.8 Å². The predicted octanol–water partition coefficient (Wildman–Crippen LogP) is 4.31. The lowest BCUT2D eigenvalue weighted by Crippen LogP contribution is -2.51. The first-order valence-electron chi connectivity index (χ1n) is 12.3. The molecule has 0 radical (unpaired) electrons. The van der Waals surface area contributed by atoms with Crippen molar-refractivity contribution in [2.75, 3.05) is 49.1 Å². The number of piperidine rings is 1. The van der Waals surface area contributed by atoms with E-state index in [-0.39, 0.29) is 5.92 Å². The predicted molar refractivity (Wildman–Crippen MR) is 139 cm³/mol. The van der Waals surface area contributed by atoms with Crippen LogP contribution in [-0.4, -0.2) is 59.4 Å². The quantitative estimate of drug-likeness (QED) is 0.550. The number of aryl methyl sites for hydroxylation is 2. The van der Waals surface area contributed by atoms with Crippen LogP contribution in [0, 0.1) is 19.8 Å². The molecule has 0 spiro atoms. The summed E-state index contributed by atoms with van der Waals surface area (Å²) in [6.07, 6.45) is 2.55. The number of carbonyl (C=O) groups is 1. The first-order valence-corrected chi connectivity index (χ1v) is 13.1. The second-order valence-corrected chi connectivity index (χ2v) is 10.2. The number of rotatable bonds is 5. The van der Waals surface area contributed by atoms with Crippen LogP contribution in [0.15, 0.2) is 48.5 Å². The van der Waals surface area contributed by atoms with E-state index in [9.17, 15) is 4.79 Å². The molecule has 0 N–H and O–H groups in total. The molecule has 6 nitrogen and oxygen atoms in total. The molecule has 3 aromatic rings. The highest BCUT2D eigenvalue weighted by Gasteiger charge is 2.31. The molecule has 2 aromatic carbocycles. The lowest BCUT2D eigenvalue weighted by Gasteiger charge is -2.39. The Morgan fingerprint density at radius 1 is 0.912 bits per heavy atom. The van der Waals surface area contributed by atoms with Crippen LogP contribution in [0.25, 0.3) is 0 Å². The van der Waals surface area contributed by atoms with Gasteiger partial charge in [0.05, 0.1) is 0 Å². The number of carbonyl (C=O) groups excluding carboxylic acids is 1. The second-order valence-electron chi connectivity index (χ2n) is 9.52. The Morgan fingerprint density at radius 3 is 2.32 bits per heavy atom. The number of hydrogen-bond donors (Lipinski definition) is 0. The molecular formula is C27H33N5OS. The summed E-state index contributed by atoms with van der Waals surface area (Å²) in [5.74, 6) is 1.34. The molecule has 0 saturated carbocycles. The van der Waals surface area contributed by atoms with Gasteiger partial charge in [-0.25, -0.2) is 4.98 Å². The average Bonchev–Trinajstić information content (AvgIpc) is 3.34. The Kier molecular flexibility index (Phi) is 6.81. The standard InChI is InChI=1S/C27H33N5OS/c1-20-7-9-22(10-8-20)19-25-28-27(34-29-25)32-13-11-23(12-14-32)26(33)31-17-15-30(16-18-31)24-6-4-3-5-21(24)2/h3-10,23H,11-19H2,1-2H3. The molecule has 5 rings (SSSR count). The molecule has 3 heterocycles. The summed E-state index contributed by atoms with van der Waals surface area (Å²) in [6.45, 7) is 9.44. The van der Waals surface area contributed by atoms with Gasteiger partial charge in [0.1, 0.15) is 5.82 Å². The Balaban J connectivity index is 1.11. The number of anilines is 2. The number of para-hydroxylation sites is 1. The third-order valence-corrected chi connectivity index (χ3v) is 7.92. The van der Waals surface area contributed by atoms with Gasteiger partial charge in [-0.15, -0.1) is 0 Å². The maximum atomic E-state index is 13.2. The molecule has 178 valence electrons. The minimum atomic E-state index is 0.126. The summed E-state index contributed by atoms with van der Waals surface area (Å²) in [7, 11) is 0. The Hall–Kier alpha value is -2.93. The van der Waals surface area contributed by atoms with Crippen LogP contribution in [0.4, 0.5) is 10.8 Å². The van der Waals surface area contributed by atoms with Crippen LogP contribution in [0.5, 0.6) is 0 Å². The summed E-state index contributed by atoms with van der Waals surface area (Å²) in [6, 6.07) is 17.1. The zero-order chi connectivity index (χ0) is 23.5. The van der Waals surface area contributed by atoms with Crippen molar-refractivity contribution in [1.29, 1.82) is 0 Å². The number of benzene rings is 2. The smallest absolute Gasteiger partial charge is 0.225 e. The van der Waals surface area contributed by atoms with Gasteiger partial charge in [0.15, 0.2) is 0 Å². The van der Waals surface area contributed by atoms with Crippen LogP contribution >= 0.6 is 11.5 Å². The van der Waals surface area contributed by atoms with Gasteiger partial charge in [-0.3, -0.25) is 4.79 Å². The van der Waals surface area contributed by atoms with E-state index in [4.69, 9.17) is 4.98 Å². The van der Waals surface area contributed by atoms with Crippen molar-refractivity contribution in [2.45, 2.75) is 33.1 Å². The Bertz CT molecular complexity index is 1110. The van der Waals surface area contributed by atoms with Gasteiger partial charge in [0.2, 0.25) is 11.0 Å². The van der Waals surface area contributed by atoms with Crippen LogP contribution in [-0.2, 0) is 11.2 Å². The highest BCUT2D eigenvalue weighted by molar-refractivity contribution is 7.09. The maximum Gasteiger partial charge on any atom is 0.225 e. The first-order chi connectivity index (χ1) is 16.6. The molecule has 1 aromatic heterocycles. The fraction of sp³-hybridized carbons (Fsp3) is 0.444. The van der Waals surface area contributed by atoms with E-state index < -0.39 is 0 Å². The monoisotopic (exact) mass is 475 g/mol. The zero-order valence-electron chi connectivity index (χ0n) is 20.1. The zero-order valence-corrected chi connectivity index (χ0v) is 20.9. The van der Waals surface area contributed by atoms with E-state index in [0.717, 1.165) is 69.5 Å². The highest BCUT2D eigenvalue weighted by atomic mass is 32.1. The topological polar surface area (TPSA) is 52.6 Å². The van der Waals surface area contributed by atoms with E-state index in [0.29, 0.717) is 5.91 Å². The third-order valence-electron chi connectivity index (χ3n) is 7.10. The van der Waals surface area contributed by atoms with Crippen LogP contribution in [0.2, 0.25) is 0 Å². The van der Waals surface area contributed by atoms with Crippen molar-refractivity contribution in [3.63, 3.8) is 0 Å². The van der Waals surface area contributed by atoms with Crippen molar-refractivity contribution in [1.82, 2.24) is 14.3 Å². The molecule has 0 bridgehead atoms. The van der Waals surface area contributed by atoms with Crippen molar-refractivity contribution in [3.8, 4) is 0 Å². The number of nitrogens with zero attached hydrogens (tertiary/aromatic N) is 5. The average molecular weight is 476 g/mol. The molecule has 0 aliphatic carbocycles. The SMILES string of the molecule is Cc1ccc(Cc2nsc(N3CCC(C(=O)N4CCN(c5ccccc5C)CC4)CC3)n2)cc1. The normalized spacial score (nSPS) is 17.3. The molecule has 2 aliphatic rings. The second kappa shape index (κ2) is 10.1. The molecule has 0 unspecified atom stereocenters. The van der Waals surface area contributed by atoms with Crippen LogP contribution in [0.1, 0.15) is 35.4 Å². The minimum absolute atomic E-state index is 0.126. The summed E-state index contributed by atoms with van der Waals surface area (Å²) in [5.41, 5.74) is 5.10. The maximum absolute atomic E-state index is 13.2. The van der Waals surface area contributed by atoms with Gasteiger partial charge >= 0.3 is 0 Å². The molecule has 2 saturated heterocycles. The van der Waals surface area contributed by atoms with Gasteiger partial charge in [-0.05, 0) is 43.9 Å². The number of aromatic nitrogens is 2. The van der Waals surface area contributed by atoms with Gasteiger partial charge in [0.25, 0.3) is 0 Å². The summed E-state index contributed by atoms with van der Waals surface area (Å²) in [5, 5.41) is 0.986. The van der Waals surface area contributed by atoms with Crippen molar-refractivity contribution in [2.24, 2.45) is 5.92 Å². The summed E-state index contributed by atoms with van der Waals surface area (Å²) in [4.78, 5) is 24.8. The summed E-state index contributed by atoms with van der Waals surface area (Å²) >= 11 is 1.48. The van der Waals surface area contributed by atoms with Gasteiger partial charge < -0.3 is 14.7 Å². The molecule has 34 heavy (non-hydrogen) atoms. The fourth-order valence-electron chi connectivity index (χ4n) is 5.00. The van der Waals surface area contributed by atoms with Gasteiger partial charge in [-0.1, -0.05) is 48.0 Å². The van der Waals surface area contributed by atoms with Crippen molar-refractivity contribution in [3.05, 3.63) is 71.0 Å². The molecule has 2 fully saturated rings. The van der Waals surface area contributed by atoms with Crippen LogP contribution in [0.3, 0.4) is 0 Å². The Morgan fingerprint density at radius 2 is 1.62 bits per heavy atom. The number of piperazine rings is 1. The molecule has 2 aliphatic heterocycles. The fourth-order valence-corrected chi connectivity index (χ4v) is 5.73. The first kappa shape index (κ1) is 22.8. The van der Waals surface area contributed by atoms with E-state index in [1.807, 2.05) is 0 Å². The molecule has 0 atom stereocenters. The van der Waals surface area contributed by atoms with Crippen molar-refractivity contribution >= 4 is 28.3 Å². The summed E-state index contributed by atoms with van der Waals surface area (Å²) < 4.78 is 4.58. The minimum Gasteiger partial charge on any atom is -0.368 e. The highest BCUT2D eigenvalue weighted by Crippen LogP contribution is 2.27. The van der Waals surface area contributed by atoms with E-state index >= 15 is 0 Å².